The average Bonchev–Trinajstić information content (AvgIpc) is 1.58. The van der Waals surface area contributed by atoms with Crippen molar-refractivity contribution in [3.05, 3.63) is 0 Å². The third kappa shape index (κ3) is 25.2. The zero-order valence-electron chi connectivity index (χ0n) is 4.16. The topological polar surface area (TPSA) is 110 Å². The summed E-state index contributed by atoms with van der Waals surface area (Å²) in [5.74, 6) is 0. The van der Waals surface area contributed by atoms with Gasteiger partial charge in [-0.15, -0.1) is 7.26 Å². The summed E-state index contributed by atoms with van der Waals surface area (Å²) >= 11 is -8.25. The van der Waals surface area contributed by atoms with E-state index in [2.05, 4.69) is 7.26 Å². The molecule has 0 aromatic carbocycles. The summed E-state index contributed by atoms with van der Waals surface area (Å²) in [6.07, 6.45) is 0. The monoisotopic (exact) mass is 306 g/mol. The van der Waals surface area contributed by atoms with Gasteiger partial charge in [0.05, 0.1) is 0 Å². The molecule has 0 saturated heterocycles. The molecule has 2 N–H and O–H groups in total. The van der Waals surface area contributed by atoms with Crippen LogP contribution in [0.1, 0.15) is 0 Å². The second kappa shape index (κ2) is 19.6. The Balaban J connectivity index is -0.0000000675. The first kappa shape index (κ1) is 31.0. The van der Waals surface area contributed by atoms with Crippen molar-refractivity contribution in [2.24, 2.45) is 0 Å². The quantitative estimate of drug-likeness (QED) is 0.406. The molecule has 0 aliphatic carbocycles. The second-order valence-corrected chi connectivity index (χ2v) is 3.14. The molecule has 2 unspecified atom stereocenters. The van der Waals surface area contributed by atoms with Gasteiger partial charge < -0.3 is 0 Å². The SMILES string of the molecule is O=S(O)OS(=O)OS(=O)O.[NaH].[NaH].[NaH].[NaH]. The maximum atomic E-state index is 10.0. The number of hydrogen-bond donors (Lipinski definition) is 2. The fraction of sp³-hybridized carbons (Fsp3) is 0. The van der Waals surface area contributed by atoms with Crippen LogP contribution in [-0.4, -0.2) is 140 Å². The Kier molecular flexibility index (Phi) is 43.4. The summed E-state index contributed by atoms with van der Waals surface area (Å²) in [7, 11) is 0. The summed E-state index contributed by atoms with van der Waals surface area (Å²) in [4.78, 5) is 0. The van der Waals surface area contributed by atoms with Gasteiger partial charge in [0.2, 0.25) is 0 Å². The molecule has 0 aromatic heterocycles. The maximum absolute atomic E-state index is 10.0. The third-order valence-electron chi connectivity index (χ3n) is 0.228. The fourth-order valence-corrected chi connectivity index (χ4v) is 1.16. The van der Waals surface area contributed by atoms with Crippen LogP contribution >= 0.6 is 0 Å². The van der Waals surface area contributed by atoms with E-state index in [1.807, 2.05) is 0 Å². The van der Waals surface area contributed by atoms with Crippen molar-refractivity contribution >= 4 is 152 Å². The Morgan fingerprint density at radius 2 is 0.929 bits per heavy atom. The summed E-state index contributed by atoms with van der Waals surface area (Å²) in [5, 5.41) is 0. The molecule has 0 saturated carbocycles. The fourth-order valence-electron chi connectivity index (χ4n) is 0.106. The molecule has 0 spiro atoms. The van der Waals surface area contributed by atoms with Gasteiger partial charge in [-0.25, -0.2) is 0 Å². The van der Waals surface area contributed by atoms with Gasteiger partial charge >= 0.3 is 152 Å². The van der Waals surface area contributed by atoms with Crippen LogP contribution in [0.25, 0.3) is 0 Å². The van der Waals surface area contributed by atoms with E-state index in [0.29, 0.717) is 0 Å². The molecule has 0 rings (SSSR count). The zero-order chi connectivity index (χ0) is 8.15. The number of rotatable bonds is 4. The molecule has 2 atom stereocenters. The minimum atomic E-state index is -2.78. The summed E-state index contributed by atoms with van der Waals surface area (Å²) < 4.78 is 51.9. The standard InChI is InChI=1S/4Na.H2O7S3.4H/c;;;;1-8(2)6-10(5)7-9(3)4;;;;/h;;;;(H,1,2)(H,3,4);;;;. The molecule has 70 valence electrons. The Bertz CT molecular complexity index is 164. The van der Waals surface area contributed by atoms with Crippen molar-refractivity contribution in [1.82, 2.24) is 0 Å². The third-order valence-corrected chi connectivity index (χ3v) is 2.05. The van der Waals surface area contributed by atoms with Crippen molar-refractivity contribution in [2.45, 2.75) is 0 Å². The first-order chi connectivity index (χ1) is 4.52. The summed E-state index contributed by atoms with van der Waals surface area (Å²) in [6, 6.07) is 0. The van der Waals surface area contributed by atoms with E-state index in [1.54, 1.807) is 0 Å². The van der Waals surface area contributed by atoms with Crippen molar-refractivity contribution in [1.29, 1.82) is 0 Å². The zero-order valence-corrected chi connectivity index (χ0v) is 6.61. The molecule has 7 nitrogen and oxygen atoms in total. The number of hydrogen-bond acceptors (Lipinski definition) is 5. The molecule has 0 bridgehead atoms. The predicted octanol–water partition coefficient (Wildman–Crippen LogP) is -3.72. The van der Waals surface area contributed by atoms with Crippen molar-refractivity contribution in [2.75, 3.05) is 0 Å². The molecule has 0 aliphatic heterocycles. The minimum absolute atomic E-state index is 0. The van der Waals surface area contributed by atoms with Gasteiger partial charge in [-0.2, -0.15) is 12.6 Å². The summed E-state index contributed by atoms with van der Waals surface area (Å²) in [6.45, 7) is 0. The van der Waals surface area contributed by atoms with E-state index in [-0.39, 0.29) is 118 Å². The molecule has 0 aliphatic rings. The Morgan fingerprint density at radius 3 is 1.07 bits per heavy atom. The van der Waals surface area contributed by atoms with Crippen LogP contribution < -0.4 is 0 Å². The Hall–Kier alpha value is 4.29. The molecule has 0 aromatic rings. The van der Waals surface area contributed by atoms with Gasteiger partial charge in [-0.05, 0) is 0 Å². The molecule has 0 amide bonds. The van der Waals surface area contributed by atoms with Crippen LogP contribution in [0, 0.1) is 0 Å². The van der Waals surface area contributed by atoms with E-state index < -0.39 is 34.1 Å². The normalized spacial score (nSPS) is 14.1. The van der Waals surface area contributed by atoms with E-state index in [1.165, 1.54) is 0 Å². The van der Waals surface area contributed by atoms with E-state index in [0.717, 1.165) is 0 Å². The molecule has 0 radical (unpaired) electrons. The van der Waals surface area contributed by atoms with Gasteiger partial charge in [0.15, 0.2) is 0 Å². The summed E-state index contributed by atoms with van der Waals surface area (Å²) in [5.41, 5.74) is 0. The van der Waals surface area contributed by atoms with Gasteiger partial charge in [0.1, 0.15) is 0 Å². The van der Waals surface area contributed by atoms with Crippen LogP contribution in [-0.2, 0) is 41.3 Å². The van der Waals surface area contributed by atoms with E-state index in [4.69, 9.17) is 9.11 Å². The van der Waals surface area contributed by atoms with Gasteiger partial charge in [-0.1, -0.05) is 0 Å². The van der Waals surface area contributed by atoms with Gasteiger partial charge in [0, 0.05) is 0 Å². The average molecular weight is 306 g/mol. The first-order valence-corrected chi connectivity index (χ1v) is 4.60. The van der Waals surface area contributed by atoms with Crippen molar-refractivity contribution in [3.63, 3.8) is 0 Å². The van der Waals surface area contributed by atoms with Crippen molar-refractivity contribution < 1.29 is 29.0 Å². The van der Waals surface area contributed by atoms with Crippen LogP contribution in [0.5, 0.6) is 0 Å². The Morgan fingerprint density at radius 1 is 0.714 bits per heavy atom. The molecular formula is H6Na4O7S3. The van der Waals surface area contributed by atoms with Crippen LogP contribution in [0.3, 0.4) is 0 Å². The molecule has 0 fully saturated rings. The van der Waals surface area contributed by atoms with Crippen LogP contribution in [0.15, 0.2) is 0 Å². The predicted molar refractivity (Wildman–Crippen MR) is 60.5 cm³/mol. The molecule has 14 heavy (non-hydrogen) atoms. The van der Waals surface area contributed by atoms with Gasteiger partial charge in [-0.3, -0.25) is 9.11 Å². The van der Waals surface area contributed by atoms with Gasteiger partial charge in [0.25, 0.3) is 0 Å². The van der Waals surface area contributed by atoms with Crippen LogP contribution in [0.2, 0.25) is 0 Å². The van der Waals surface area contributed by atoms with Crippen molar-refractivity contribution in [3.8, 4) is 0 Å². The van der Waals surface area contributed by atoms with E-state index in [9.17, 15) is 12.6 Å². The Labute approximate surface area is 177 Å². The molecule has 0 heterocycles. The van der Waals surface area contributed by atoms with Crippen LogP contribution in [0.4, 0.5) is 0 Å². The first-order valence-electron chi connectivity index (χ1n) is 1.53. The second-order valence-electron chi connectivity index (χ2n) is 0.774. The molecular weight excluding hydrogens is 300 g/mol. The van der Waals surface area contributed by atoms with E-state index >= 15 is 0 Å². The molecule has 14 heteroatoms.